The van der Waals surface area contributed by atoms with Gasteiger partial charge >= 0.3 is 0 Å². The molecule has 0 unspecified atom stereocenters. The number of carbonyl (C=O) groups is 1. The molecule has 0 radical (unpaired) electrons. The third kappa shape index (κ3) is 2.99. The molecule has 2 rings (SSSR count). The molecule has 0 spiro atoms. The van der Waals surface area contributed by atoms with Crippen molar-refractivity contribution in [1.82, 2.24) is 5.32 Å². The molecule has 0 saturated heterocycles. The van der Waals surface area contributed by atoms with Gasteiger partial charge in [0.05, 0.1) is 0 Å². The molecule has 0 heterocycles. The van der Waals surface area contributed by atoms with Gasteiger partial charge in [-0.25, -0.2) is 0 Å². The van der Waals surface area contributed by atoms with Crippen LogP contribution in [0.4, 0.5) is 0 Å². The maximum Gasteiger partial charge on any atom is 0.257 e. The van der Waals surface area contributed by atoms with Gasteiger partial charge in [0.1, 0.15) is 5.75 Å². The molecule has 0 bridgehead atoms. The smallest absolute Gasteiger partial charge is 0.257 e. The Bertz CT molecular complexity index is 401. The second kappa shape index (κ2) is 5.71. The van der Waals surface area contributed by atoms with Gasteiger partial charge in [0, 0.05) is 6.54 Å². The van der Waals surface area contributed by atoms with Gasteiger partial charge < -0.3 is 10.1 Å². The minimum absolute atomic E-state index is 0.0547. The second-order valence-corrected chi connectivity index (χ2v) is 4.34. The summed E-state index contributed by atoms with van der Waals surface area (Å²) in [6.45, 7) is 2.67. The summed E-state index contributed by atoms with van der Waals surface area (Å²) in [4.78, 5) is 11.3. The molecule has 92 valence electrons. The van der Waals surface area contributed by atoms with Crippen LogP contribution >= 0.6 is 0 Å². The van der Waals surface area contributed by atoms with E-state index in [0.29, 0.717) is 6.54 Å². The SMILES string of the molecule is CCNC(=O)COc1cccc2c1CCCC2. The molecular formula is C14H19NO2. The second-order valence-electron chi connectivity index (χ2n) is 4.34. The van der Waals surface area contributed by atoms with E-state index in [4.69, 9.17) is 4.74 Å². The Morgan fingerprint density at radius 1 is 1.35 bits per heavy atom. The molecule has 1 aromatic carbocycles. The fourth-order valence-electron chi connectivity index (χ4n) is 2.27. The van der Waals surface area contributed by atoms with E-state index in [9.17, 15) is 4.79 Å². The first kappa shape index (κ1) is 12.0. The summed E-state index contributed by atoms with van der Waals surface area (Å²) in [5.41, 5.74) is 2.67. The first-order valence-electron chi connectivity index (χ1n) is 6.31. The van der Waals surface area contributed by atoms with E-state index in [0.717, 1.165) is 18.6 Å². The lowest BCUT2D eigenvalue weighted by atomic mass is 9.91. The van der Waals surface area contributed by atoms with E-state index >= 15 is 0 Å². The van der Waals surface area contributed by atoms with E-state index < -0.39 is 0 Å². The van der Waals surface area contributed by atoms with Crippen molar-refractivity contribution in [3.63, 3.8) is 0 Å². The molecule has 0 aromatic heterocycles. The monoisotopic (exact) mass is 233 g/mol. The Balaban J connectivity index is 2.03. The number of likely N-dealkylation sites (N-methyl/N-ethyl adjacent to an activating group) is 1. The Morgan fingerprint density at radius 3 is 3.00 bits per heavy atom. The summed E-state index contributed by atoms with van der Waals surface area (Å²) >= 11 is 0. The highest BCUT2D eigenvalue weighted by atomic mass is 16.5. The Hall–Kier alpha value is -1.51. The zero-order valence-electron chi connectivity index (χ0n) is 10.3. The number of carbonyl (C=O) groups excluding carboxylic acids is 1. The molecule has 3 nitrogen and oxygen atoms in total. The quantitative estimate of drug-likeness (QED) is 0.864. The summed E-state index contributed by atoms with van der Waals surface area (Å²) in [7, 11) is 0. The molecular weight excluding hydrogens is 214 g/mol. The number of hydrogen-bond donors (Lipinski definition) is 1. The predicted octanol–water partition coefficient (Wildman–Crippen LogP) is 2.08. The normalized spacial score (nSPS) is 13.9. The van der Waals surface area contributed by atoms with Gasteiger partial charge in [-0.1, -0.05) is 12.1 Å². The van der Waals surface area contributed by atoms with Crippen LogP contribution in [-0.2, 0) is 17.6 Å². The van der Waals surface area contributed by atoms with E-state index in [2.05, 4.69) is 11.4 Å². The van der Waals surface area contributed by atoms with Crippen molar-refractivity contribution >= 4 is 5.91 Å². The molecule has 1 aliphatic rings. The standard InChI is InChI=1S/C14H19NO2/c1-2-15-14(16)10-17-13-9-5-7-11-6-3-4-8-12(11)13/h5,7,9H,2-4,6,8,10H2,1H3,(H,15,16). The third-order valence-electron chi connectivity index (χ3n) is 3.09. The van der Waals surface area contributed by atoms with Crippen LogP contribution in [0.15, 0.2) is 18.2 Å². The Morgan fingerprint density at radius 2 is 2.18 bits per heavy atom. The molecule has 3 heteroatoms. The minimum Gasteiger partial charge on any atom is -0.483 e. The van der Waals surface area contributed by atoms with Crippen LogP contribution in [0.2, 0.25) is 0 Å². The lowest BCUT2D eigenvalue weighted by Gasteiger charge is -2.19. The van der Waals surface area contributed by atoms with Crippen molar-refractivity contribution in [2.45, 2.75) is 32.6 Å². The van der Waals surface area contributed by atoms with E-state index in [1.807, 2.05) is 19.1 Å². The maximum atomic E-state index is 11.3. The first-order chi connectivity index (χ1) is 8.31. The summed E-state index contributed by atoms with van der Waals surface area (Å²) in [6.07, 6.45) is 4.68. The summed E-state index contributed by atoms with van der Waals surface area (Å²) in [5.74, 6) is 0.828. The number of nitrogens with one attached hydrogen (secondary N) is 1. The summed E-state index contributed by atoms with van der Waals surface area (Å²) in [6, 6.07) is 6.13. The molecule has 0 aliphatic heterocycles. The van der Waals surface area contributed by atoms with Crippen molar-refractivity contribution in [2.24, 2.45) is 0 Å². The van der Waals surface area contributed by atoms with Crippen LogP contribution < -0.4 is 10.1 Å². The molecule has 0 fully saturated rings. The predicted molar refractivity (Wildman–Crippen MR) is 67.3 cm³/mol. The maximum absolute atomic E-state index is 11.3. The zero-order valence-corrected chi connectivity index (χ0v) is 10.3. The highest BCUT2D eigenvalue weighted by molar-refractivity contribution is 5.77. The van der Waals surface area contributed by atoms with Crippen LogP contribution in [0.3, 0.4) is 0 Å². The molecule has 1 amide bonds. The van der Waals surface area contributed by atoms with Gasteiger partial charge in [0.25, 0.3) is 5.91 Å². The minimum atomic E-state index is -0.0547. The number of fused-ring (bicyclic) bond motifs is 1. The largest absolute Gasteiger partial charge is 0.483 e. The molecule has 1 aromatic rings. The molecule has 1 N–H and O–H groups in total. The van der Waals surface area contributed by atoms with Crippen molar-refractivity contribution < 1.29 is 9.53 Å². The van der Waals surface area contributed by atoms with Gasteiger partial charge in [-0.15, -0.1) is 0 Å². The number of aryl methyl sites for hydroxylation is 1. The number of hydrogen-bond acceptors (Lipinski definition) is 2. The lowest BCUT2D eigenvalue weighted by Crippen LogP contribution is -2.28. The number of rotatable bonds is 4. The van der Waals surface area contributed by atoms with Crippen LogP contribution in [0.5, 0.6) is 5.75 Å². The van der Waals surface area contributed by atoms with Gasteiger partial charge in [-0.3, -0.25) is 4.79 Å². The van der Waals surface area contributed by atoms with E-state index in [1.165, 1.54) is 24.0 Å². The lowest BCUT2D eigenvalue weighted by molar-refractivity contribution is -0.122. The van der Waals surface area contributed by atoms with Crippen molar-refractivity contribution in [1.29, 1.82) is 0 Å². The van der Waals surface area contributed by atoms with Crippen molar-refractivity contribution in [2.75, 3.05) is 13.2 Å². The average molecular weight is 233 g/mol. The Kier molecular flexibility index (Phi) is 4.02. The summed E-state index contributed by atoms with van der Waals surface area (Å²) < 4.78 is 5.61. The third-order valence-corrected chi connectivity index (χ3v) is 3.09. The van der Waals surface area contributed by atoms with Crippen LogP contribution in [0.1, 0.15) is 30.9 Å². The topological polar surface area (TPSA) is 38.3 Å². The van der Waals surface area contributed by atoms with Gasteiger partial charge in [0.2, 0.25) is 0 Å². The van der Waals surface area contributed by atoms with Crippen molar-refractivity contribution in [3.05, 3.63) is 29.3 Å². The number of benzene rings is 1. The van der Waals surface area contributed by atoms with E-state index in [1.54, 1.807) is 0 Å². The fraction of sp³-hybridized carbons (Fsp3) is 0.500. The van der Waals surface area contributed by atoms with Gasteiger partial charge in [0.15, 0.2) is 6.61 Å². The van der Waals surface area contributed by atoms with Crippen LogP contribution in [0, 0.1) is 0 Å². The summed E-state index contributed by atoms with van der Waals surface area (Å²) in [5, 5.41) is 2.73. The molecule has 17 heavy (non-hydrogen) atoms. The molecule has 0 atom stereocenters. The molecule has 1 aliphatic carbocycles. The fourth-order valence-corrected chi connectivity index (χ4v) is 2.27. The Labute approximate surface area is 102 Å². The first-order valence-corrected chi connectivity index (χ1v) is 6.31. The highest BCUT2D eigenvalue weighted by Gasteiger charge is 2.14. The van der Waals surface area contributed by atoms with Gasteiger partial charge in [-0.05, 0) is 49.8 Å². The highest BCUT2D eigenvalue weighted by Crippen LogP contribution is 2.29. The number of amides is 1. The van der Waals surface area contributed by atoms with E-state index in [-0.39, 0.29) is 12.5 Å². The van der Waals surface area contributed by atoms with Crippen molar-refractivity contribution in [3.8, 4) is 5.75 Å². The number of ether oxygens (including phenoxy) is 1. The average Bonchev–Trinajstić information content (AvgIpc) is 2.36. The zero-order chi connectivity index (χ0) is 12.1. The van der Waals surface area contributed by atoms with Gasteiger partial charge in [-0.2, -0.15) is 0 Å². The van der Waals surface area contributed by atoms with Crippen LogP contribution in [-0.4, -0.2) is 19.1 Å². The van der Waals surface area contributed by atoms with Crippen LogP contribution in [0.25, 0.3) is 0 Å². The molecule has 0 saturated carbocycles.